The molecule has 0 aliphatic rings. The van der Waals surface area contributed by atoms with Crippen LogP contribution in [0.15, 0.2) is 60.7 Å². The summed E-state index contributed by atoms with van der Waals surface area (Å²) in [6, 6.07) is 5.44. The Balaban J connectivity index is 0.00000841. The second-order valence-corrected chi connectivity index (χ2v) is 5.69. The number of aliphatic carboxylic acids is 1. The molecule has 0 heterocycles. The third-order valence-corrected chi connectivity index (χ3v) is 3.23. The number of ether oxygens (including phenoxy) is 2. The molecule has 164 valence electrons. The van der Waals surface area contributed by atoms with Crippen LogP contribution in [0.3, 0.4) is 0 Å². The Kier molecular flexibility index (Phi) is 14.3. The molecule has 6 N–H and O–H groups in total. The lowest BCUT2D eigenvalue weighted by Crippen LogP contribution is -2.29. The average Bonchev–Trinajstić information content (AvgIpc) is 2.69. The van der Waals surface area contributed by atoms with E-state index in [-0.39, 0.29) is 24.5 Å². The molecule has 0 aromatic heterocycles. The lowest BCUT2D eigenvalue weighted by Gasteiger charge is -2.13. The molecule has 1 aromatic rings. The maximum atomic E-state index is 12.8. The van der Waals surface area contributed by atoms with Crippen molar-refractivity contribution in [1.82, 2.24) is 0 Å². The summed E-state index contributed by atoms with van der Waals surface area (Å²) in [6.07, 6.45) is 5.35. The van der Waals surface area contributed by atoms with Gasteiger partial charge in [-0.25, -0.2) is 9.18 Å². The van der Waals surface area contributed by atoms with Crippen LogP contribution in [0.25, 0.3) is 0 Å². The van der Waals surface area contributed by atoms with E-state index in [4.69, 9.17) is 9.84 Å². The predicted molar refractivity (Wildman–Crippen MR) is 107 cm³/mol. The van der Waals surface area contributed by atoms with Gasteiger partial charge in [-0.2, -0.15) is 0 Å². The van der Waals surface area contributed by atoms with Gasteiger partial charge >= 0.3 is 5.97 Å². The van der Waals surface area contributed by atoms with E-state index in [9.17, 15) is 24.5 Å². The van der Waals surface area contributed by atoms with Crippen LogP contribution in [0.1, 0.15) is 0 Å². The van der Waals surface area contributed by atoms with Crippen molar-refractivity contribution in [3.05, 3.63) is 66.5 Å². The Morgan fingerprint density at radius 1 is 1.03 bits per heavy atom. The highest BCUT2D eigenvalue weighted by molar-refractivity contribution is 5.67. The summed E-state index contributed by atoms with van der Waals surface area (Å²) in [5.74, 6) is 4.26. The molecular weight excluding hydrogens is 399 g/mol. The maximum Gasteiger partial charge on any atom is 0.329 e. The first-order chi connectivity index (χ1) is 13.9. The molecule has 1 aromatic carbocycles. The zero-order valence-electron chi connectivity index (χ0n) is 16.0. The van der Waals surface area contributed by atoms with Crippen molar-refractivity contribution < 1.29 is 44.6 Å². The summed E-state index contributed by atoms with van der Waals surface area (Å²) in [6.45, 7) is -0.859. The van der Waals surface area contributed by atoms with Crippen molar-refractivity contribution in [2.24, 2.45) is 0 Å². The lowest BCUT2D eigenvalue weighted by molar-refractivity contribution is -0.143. The molecule has 0 bridgehead atoms. The Labute approximate surface area is 173 Å². The highest BCUT2D eigenvalue weighted by atomic mass is 19.1. The van der Waals surface area contributed by atoms with E-state index in [0.29, 0.717) is 5.75 Å². The second kappa shape index (κ2) is 15.9. The minimum atomic E-state index is -1.24. The van der Waals surface area contributed by atoms with Gasteiger partial charge < -0.3 is 35.4 Å². The normalized spacial score (nSPS) is 14.1. The van der Waals surface area contributed by atoms with E-state index in [1.165, 1.54) is 60.7 Å². The van der Waals surface area contributed by atoms with E-state index in [1.807, 2.05) is 0 Å². The largest absolute Gasteiger partial charge is 0.491 e. The molecule has 0 aliphatic heterocycles. The molecule has 0 unspecified atom stereocenters. The van der Waals surface area contributed by atoms with Gasteiger partial charge in [0.15, 0.2) is 0 Å². The first-order valence-electron chi connectivity index (χ1n) is 8.61. The second-order valence-electron chi connectivity index (χ2n) is 5.69. The fourth-order valence-electron chi connectivity index (χ4n) is 1.80. The maximum absolute atomic E-state index is 12.8. The highest BCUT2D eigenvalue weighted by Crippen LogP contribution is 2.11. The van der Waals surface area contributed by atoms with Crippen LogP contribution in [0.2, 0.25) is 0 Å². The van der Waals surface area contributed by atoms with Gasteiger partial charge in [0.1, 0.15) is 43.1 Å². The van der Waals surface area contributed by atoms with E-state index in [2.05, 4.69) is 16.6 Å². The molecule has 8 nitrogen and oxygen atoms in total. The van der Waals surface area contributed by atoms with Gasteiger partial charge in [-0.05, 0) is 42.5 Å². The molecule has 1 rings (SSSR count). The number of aliphatic hydroxyl groups is 3. The van der Waals surface area contributed by atoms with Crippen LogP contribution < -0.4 is 4.74 Å². The predicted octanol–water partition coefficient (Wildman–Crippen LogP) is 0.236. The van der Waals surface area contributed by atoms with Gasteiger partial charge in [-0.15, -0.1) is 0 Å². The molecule has 30 heavy (non-hydrogen) atoms. The van der Waals surface area contributed by atoms with Gasteiger partial charge in [0, 0.05) is 0 Å². The quantitative estimate of drug-likeness (QED) is 0.294. The van der Waals surface area contributed by atoms with Crippen molar-refractivity contribution >= 4 is 5.97 Å². The summed E-state index contributed by atoms with van der Waals surface area (Å²) >= 11 is 0. The standard InChI is InChI=1S/C21H23FO7.H2O/c22-16-9-11-18(12-10-16)29-13-17(23)7-5-3-1-2-4-6-8-19(24)20(25)14-28-15-21(26)27;/h2,4-12,17,19-20,23-25H,13-15H2,(H,26,27);1H2/b4-2+,7-5+,8-6+;/t17-,19+,20-;/m0./s1. The van der Waals surface area contributed by atoms with Crippen LogP contribution >= 0.6 is 0 Å². The zero-order chi connectivity index (χ0) is 21.5. The molecule has 0 fully saturated rings. The SMILES string of the molecule is O.O=C(O)COC[C@H](O)[C@H](O)/C=C/C=C/C#C/C=C/[C@H](O)COc1ccc(F)cc1. The fourth-order valence-corrected chi connectivity index (χ4v) is 1.80. The minimum Gasteiger partial charge on any atom is -0.491 e. The Bertz CT molecular complexity index is 761. The van der Waals surface area contributed by atoms with Gasteiger partial charge in [0.25, 0.3) is 0 Å². The topological polar surface area (TPSA) is 148 Å². The Hall–Kier alpha value is -3.00. The lowest BCUT2D eigenvalue weighted by atomic mass is 10.2. The molecule has 0 amide bonds. The van der Waals surface area contributed by atoms with E-state index in [1.54, 1.807) is 0 Å². The summed E-state index contributed by atoms with van der Waals surface area (Å²) < 4.78 is 22.7. The molecule has 9 heteroatoms. The van der Waals surface area contributed by atoms with Crippen molar-refractivity contribution in [3.63, 3.8) is 0 Å². The van der Waals surface area contributed by atoms with Crippen molar-refractivity contribution in [2.75, 3.05) is 19.8 Å². The summed E-state index contributed by atoms with van der Waals surface area (Å²) in [5, 5.41) is 37.3. The van der Waals surface area contributed by atoms with Crippen molar-refractivity contribution in [3.8, 4) is 17.6 Å². The van der Waals surface area contributed by atoms with Crippen LogP contribution in [-0.4, -0.2) is 70.0 Å². The Morgan fingerprint density at radius 3 is 2.37 bits per heavy atom. The minimum absolute atomic E-state index is 0. The first-order valence-corrected chi connectivity index (χ1v) is 8.61. The number of benzene rings is 1. The Morgan fingerprint density at radius 2 is 1.70 bits per heavy atom. The number of carboxylic acid groups (broad SMARTS) is 1. The number of carboxylic acids is 1. The zero-order valence-corrected chi connectivity index (χ0v) is 16.0. The highest BCUT2D eigenvalue weighted by Gasteiger charge is 2.13. The number of hydrogen-bond donors (Lipinski definition) is 4. The molecule has 0 saturated carbocycles. The number of rotatable bonds is 11. The first kappa shape index (κ1) is 27.0. The van der Waals surface area contributed by atoms with Gasteiger partial charge in [0.2, 0.25) is 0 Å². The molecule has 0 radical (unpaired) electrons. The van der Waals surface area contributed by atoms with E-state index >= 15 is 0 Å². The molecular formula is C21H25FO8. The van der Waals surface area contributed by atoms with E-state index < -0.39 is 30.9 Å². The smallest absolute Gasteiger partial charge is 0.329 e. The summed E-state index contributed by atoms with van der Waals surface area (Å²) in [7, 11) is 0. The van der Waals surface area contributed by atoms with Crippen LogP contribution in [0.5, 0.6) is 5.75 Å². The number of allylic oxidation sites excluding steroid dienone is 4. The number of aliphatic hydroxyl groups excluding tert-OH is 3. The average molecular weight is 424 g/mol. The third-order valence-electron chi connectivity index (χ3n) is 3.23. The summed E-state index contributed by atoms with van der Waals surface area (Å²) in [4.78, 5) is 10.3. The fraction of sp³-hybridized carbons (Fsp3) is 0.286. The molecule has 0 spiro atoms. The molecule has 0 saturated heterocycles. The number of halogens is 1. The van der Waals surface area contributed by atoms with Gasteiger partial charge in [-0.3, -0.25) is 0 Å². The van der Waals surface area contributed by atoms with Gasteiger partial charge in [-0.1, -0.05) is 30.1 Å². The molecule has 0 aliphatic carbocycles. The van der Waals surface area contributed by atoms with Crippen molar-refractivity contribution in [1.29, 1.82) is 0 Å². The van der Waals surface area contributed by atoms with Gasteiger partial charge in [0.05, 0.1) is 6.61 Å². The van der Waals surface area contributed by atoms with Crippen molar-refractivity contribution in [2.45, 2.75) is 18.3 Å². The van der Waals surface area contributed by atoms with Crippen LogP contribution in [0.4, 0.5) is 4.39 Å². The van der Waals surface area contributed by atoms with Crippen LogP contribution in [-0.2, 0) is 9.53 Å². The van der Waals surface area contributed by atoms with Crippen LogP contribution in [0, 0.1) is 17.7 Å². The van der Waals surface area contributed by atoms with E-state index in [0.717, 1.165) is 0 Å². The monoisotopic (exact) mass is 424 g/mol. The molecule has 3 atom stereocenters. The third kappa shape index (κ3) is 13.2. The summed E-state index contributed by atoms with van der Waals surface area (Å²) in [5.41, 5.74) is 0. The number of carbonyl (C=O) groups is 1. The number of hydrogen-bond acceptors (Lipinski definition) is 6.